The van der Waals surface area contributed by atoms with Gasteiger partial charge in [-0.05, 0) is 30.0 Å². The van der Waals surface area contributed by atoms with Gasteiger partial charge in [0.2, 0.25) is 0 Å². The van der Waals surface area contributed by atoms with Crippen LogP contribution in [0.25, 0.3) is 0 Å². The third kappa shape index (κ3) is 5.79. The minimum absolute atomic E-state index is 0.0831. The van der Waals surface area contributed by atoms with E-state index in [0.717, 1.165) is 44.8 Å². The lowest BCUT2D eigenvalue weighted by molar-refractivity contribution is 0.0947. The first-order chi connectivity index (χ1) is 13.1. The molecule has 0 spiro atoms. The first-order valence-corrected chi connectivity index (χ1v) is 9.87. The highest BCUT2D eigenvalue weighted by Gasteiger charge is 2.18. The van der Waals surface area contributed by atoms with Crippen LogP contribution in [-0.4, -0.2) is 48.5 Å². The van der Waals surface area contributed by atoms with Gasteiger partial charge >= 0.3 is 0 Å². The lowest BCUT2D eigenvalue weighted by Crippen LogP contribution is -2.46. The van der Waals surface area contributed by atoms with Crippen molar-refractivity contribution in [3.8, 4) is 0 Å². The van der Waals surface area contributed by atoms with Crippen LogP contribution in [0.15, 0.2) is 48.7 Å². The van der Waals surface area contributed by atoms with Gasteiger partial charge in [-0.15, -0.1) is 0 Å². The molecule has 1 aliphatic rings. The molecule has 0 unspecified atom stereocenters. The van der Waals surface area contributed by atoms with Crippen LogP contribution in [0.3, 0.4) is 0 Å². The molecule has 27 heavy (non-hydrogen) atoms. The Morgan fingerprint density at radius 3 is 2.56 bits per heavy atom. The molecule has 0 aliphatic carbocycles. The summed E-state index contributed by atoms with van der Waals surface area (Å²) in [7, 11) is 0. The Bertz CT molecular complexity index is 724. The highest BCUT2D eigenvalue weighted by Crippen LogP contribution is 2.18. The molecule has 1 amide bonds. The molecule has 1 aliphatic heterocycles. The molecule has 2 aromatic rings. The number of amides is 1. The van der Waals surface area contributed by atoms with Crippen molar-refractivity contribution in [1.82, 2.24) is 15.2 Å². The summed E-state index contributed by atoms with van der Waals surface area (Å²) in [6, 6.07) is 14.5. The van der Waals surface area contributed by atoms with Crippen molar-refractivity contribution in [3.63, 3.8) is 0 Å². The second-order valence-electron chi connectivity index (χ2n) is 7.59. The van der Waals surface area contributed by atoms with Gasteiger partial charge < -0.3 is 10.2 Å². The summed E-state index contributed by atoms with van der Waals surface area (Å²) >= 11 is 0. The Morgan fingerprint density at radius 1 is 1.11 bits per heavy atom. The van der Waals surface area contributed by atoms with Gasteiger partial charge in [0.15, 0.2) is 0 Å². The maximum Gasteiger partial charge on any atom is 0.269 e. The number of aromatic nitrogens is 1. The number of benzene rings is 1. The lowest BCUT2D eigenvalue weighted by atomic mass is 10.1. The van der Waals surface area contributed by atoms with Crippen molar-refractivity contribution in [2.75, 3.05) is 37.6 Å². The van der Waals surface area contributed by atoms with Gasteiger partial charge in [0.25, 0.3) is 5.91 Å². The monoisotopic (exact) mass is 366 g/mol. The van der Waals surface area contributed by atoms with E-state index in [1.807, 2.05) is 12.1 Å². The molecular weight excluding hydrogens is 336 g/mol. The fourth-order valence-electron chi connectivity index (χ4n) is 3.31. The Kier molecular flexibility index (Phi) is 6.82. The average Bonchev–Trinajstić information content (AvgIpc) is 2.69. The zero-order chi connectivity index (χ0) is 19.1. The molecule has 5 heteroatoms. The summed E-state index contributed by atoms with van der Waals surface area (Å²) in [5.41, 5.74) is 2.94. The second-order valence-corrected chi connectivity index (χ2v) is 7.59. The number of anilines is 1. The van der Waals surface area contributed by atoms with Crippen molar-refractivity contribution in [2.45, 2.75) is 26.8 Å². The molecule has 144 valence electrons. The lowest BCUT2D eigenvalue weighted by Gasteiger charge is -2.36. The van der Waals surface area contributed by atoms with Crippen LogP contribution < -0.4 is 10.2 Å². The number of carbonyl (C=O) groups is 1. The van der Waals surface area contributed by atoms with Crippen LogP contribution in [0.5, 0.6) is 0 Å². The number of hydrogen-bond donors (Lipinski definition) is 1. The summed E-state index contributed by atoms with van der Waals surface area (Å²) in [5.74, 6) is 0.497. The molecule has 3 rings (SSSR count). The smallest absolute Gasteiger partial charge is 0.269 e. The Hall–Kier alpha value is -2.40. The Morgan fingerprint density at radius 2 is 1.85 bits per heavy atom. The van der Waals surface area contributed by atoms with E-state index in [1.165, 1.54) is 5.56 Å². The maximum atomic E-state index is 12.3. The van der Waals surface area contributed by atoms with E-state index in [0.29, 0.717) is 18.2 Å². The first-order valence-electron chi connectivity index (χ1n) is 9.87. The molecule has 0 saturated carbocycles. The first kappa shape index (κ1) is 19.4. The van der Waals surface area contributed by atoms with Crippen molar-refractivity contribution in [3.05, 3.63) is 59.9 Å². The standard InChI is InChI=1S/C22H30N4O/c1-18(2)8-10-24-22(27)21-16-20(9-11-23-21)26-14-12-25(13-15-26)17-19-6-4-3-5-7-19/h3-7,9,11,16,18H,8,10,12-15,17H2,1-2H3,(H,24,27). The van der Waals surface area contributed by atoms with E-state index < -0.39 is 0 Å². The molecule has 1 fully saturated rings. The van der Waals surface area contributed by atoms with Gasteiger partial charge in [-0.2, -0.15) is 0 Å². The number of nitrogens with one attached hydrogen (secondary N) is 1. The Labute approximate surface area is 162 Å². The second kappa shape index (κ2) is 9.51. The molecule has 1 N–H and O–H groups in total. The predicted molar refractivity (Wildman–Crippen MR) is 110 cm³/mol. The summed E-state index contributed by atoms with van der Waals surface area (Å²) in [4.78, 5) is 21.4. The van der Waals surface area contributed by atoms with Gasteiger partial charge in [-0.3, -0.25) is 14.7 Å². The average molecular weight is 367 g/mol. The molecular formula is C22H30N4O. The molecule has 0 radical (unpaired) electrons. The maximum absolute atomic E-state index is 12.3. The van der Waals surface area contributed by atoms with Crippen molar-refractivity contribution in [2.24, 2.45) is 5.92 Å². The topological polar surface area (TPSA) is 48.5 Å². The van der Waals surface area contributed by atoms with Crippen LogP contribution in [0.1, 0.15) is 36.3 Å². The normalized spacial score (nSPS) is 15.1. The predicted octanol–water partition coefficient (Wildman–Crippen LogP) is 3.18. The molecule has 1 aromatic carbocycles. The van der Waals surface area contributed by atoms with Crippen LogP contribution in [0, 0.1) is 5.92 Å². The summed E-state index contributed by atoms with van der Waals surface area (Å²) in [5, 5.41) is 2.97. The number of carbonyl (C=O) groups excluding carboxylic acids is 1. The summed E-state index contributed by atoms with van der Waals surface area (Å²) in [6.45, 7) is 9.97. The van der Waals surface area contributed by atoms with E-state index in [2.05, 4.69) is 64.3 Å². The van der Waals surface area contributed by atoms with Gasteiger partial charge in [0, 0.05) is 51.2 Å². The molecule has 0 atom stereocenters. The zero-order valence-electron chi connectivity index (χ0n) is 16.4. The van der Waals surface area contributed by atoms with E-state index in [-0.39, 0.29) is 5.91 Å². The largest absolute Gasteiger partial charge is 0.369 e. The molecule has 1 saturated heterocycles. The molecule has 0 bridgehead atoms. The Balaban J connectivity index is 1.53. The molecule has 1 aromatic heterocycles. The van der Waals surface area contributed by atoms with Gasteiger partial charge in [0.05, 0.1) is 0 Å². The van der Waals surface area contributed by atoms with Gasteiger partial charge in [0.1, 0.15) is 5.69 Å². The van der Waals surface area contributed by atoms with Crippen LogP contribution >= 0.6 is 0 Å². The third-order valence-electron chi connectivity index (χ3n) is 4.97. The summed E-state index contributed by atoms with van der Waals surface area (Å²) in [6.07, 6.45) is 2.72. The van der Waals surface area contributed by atoms with E-state index in [1.54, 1.807) is 6.20 Å². The number of pyridine rings is 1. The third-order valence-corrected chi connectivity index (χ3v) is 4.97. The van der Waals surface area contributed by atoms with E-state index in [9.17, 15) is 4.79 Å². The van der Waals surface area contributed by atoms with Crippen LogP contribution in [-0.2, 0) is 6.54 Å². The minimum Gasteiger partial charge on any atom is -0.369 e. The van der Waals surface area contributed by atoms with Crippen molar-refractivity contribution in [1.29, 1.82) is 0 Å². The van der Waals surface area contributed by atoms with Crippen molar-refractivity contribution < 1.29 is 4.79 Å². The van der Waals surface area contributed by atoms with E-state index >= 15 is 0 Å². The number of nitrogens with zero attached hydrogens (tertiary/aromatic N) is 3. The van der Waals surface area contributed by atoms with Gasteiger partial charge in [-0.25, -0.2) is 0 Å². The molecule has 2 heterocycles. The van der Waals surface area contributed by atoms with E-state index in [4.69, 9.17) is 0 Å². The highest BCUT2D eigenvalue weighted by molar-refractivity contribution is 5.93. The molecule has 5 nitrogen and oxygen atoms in total. The number of rotatable bonds is 7. The van der Waals surface area contributed by atoms with Crippen LogP contribution in [0.2, 0.25) is 0 Å². The summed E-state index contributed by atoms with van der Waals surface area (Å²) < 4.78 is 0. The minimum atomic E-state index is -0.0831. The van der Waals surface area contributed by atoms with Crippen molar-refractivity contribution >= 4 is 11.6 Å². The van der Waals surface area contributed by atoms with Crippen LogP contribution in [0.4, 0.5) is 5.69 Å². The number of hydrogen-bond acceptors (Lipinski definition) is 4. The quantitative estimate of drug-likeness (QED) is 0.818. The zero-order valence-corrected chi connectivity index (χ0v) is 16.4. The fraction of sp³-hybridized carbons (Fsp3) is 0.455. The SMILES string of the molecule is CC(C)CCNC(=O)c1cc(N2CCN(Cc3ccccc3)CC2)ccn1. The van der Waals surface area contributed by atoms with Gasteiger partial charge in [-0.1, -0.05) is 44.2 Å². The number of piperazine rings is 1. The fourth-order valence-corrected chi connectivity index (χ4v) is 3.31. The highest BCUT2D eigenvalue weighted by atomic mass is 16.1.